The zero-order valence-corrected chi connectivity index (χ0v) is 8.73. The fourth-order valence-corrected chi connectivity index (χ4v) is 0.996. The first kappa shape index (κ1) is 14.0. The molecule has 0 saturated heterocycles. The molecule has 1 atom stereocenters. The predicted molar refractivity (Wildman–Crippen MR) is 56.1 cm³/mol. The number of carboxylic acid groups (broad SMARTS) is 1. The second-order valence-corrected chi connectivity index (χ2v) is 3.17. The van der Waals surface area contributed by atoms with Crippen LogP contribution in [0, 0.1) is 12.3 Å². The van der Waals surface area contributed by atoms with Gasteiger partial charge in [0, 0.05) is 19.3 Å². The van der Waals surface area contributed by atoms with E-state index in [1.165, 1.54) is 0 Å². The van der Waals surface area contributed by atoms with Crippen LogP contribution in [0.2, 0.25) is 0 Å². The molecule has 6 heteroatoms. The van der Waals surface area contributed by atoms with E-state index in [4.69, 9.17) is 17.3 Å². The minimum Gasteiger partial charge on any atom is -0.480 e. The third kappa shape index (κ3) is 6.43. The topological polar surface area (TPSA) is 109 Å². The Balaban J connectivity index is 4.13. The van der Waals surface area contributed by atoms with E-state index < -0.39 is 23.8 Å². The molecular formula is C10H14N2O4. The highest BCUT2D eigenvalue weighted by Gasteiger charge is 2.19. The van der Waals surface area contributed by atoms with Gasteiger partial charge in [-0.3, -0.25) is 9.59 Å². The van der Waals surface area contributed by atoms with Crippen molar-refractivity contribution in [2.45, 2.75) is 31.7 Å². The highest BCUT2D eigenvalue weighted by Crippen LogP contribution is 1.98. The summed E-state index contributed by atoms with van der Waals surface area (Å²) >= 11 is 0. The summed E-state index contributed by atoms with van der Waals surface area (Å²) in [5.74, 6) is 0.0136. The summed E-state index contributed by atoms with van der Waals surface area (Å²) in [5, 5.41) is 11.0. The van der Waals surface area contributed by atoms with Crippen LogP contribution in [0.25, 0.3) is 0 Å². The van der Waals surface area contributed by atoms with E-state index in [9.17, 15) is 14.4 Å². The number of rotatable bonds is 7. The van der Waals surface area contributed by atoms with Gasteiger partial charge in [0.1, 0.15) is 6.04 Å². The summed E-state index contributed by atoms with van der Waals surface area (Å²) in [5.41, 5.74) is 4.88. The number of aliphatic carboxylic acids is 1. The molecule has 16 heavy (non-hydrogen) atoms. The highest BCUT2D eigenvalue weighted by molar-refractivity contribution is 5.84. The Bertz CT molecular complexity index is 319. The number of amides is 2. The van der Waals surface area contributed by atoms with Gasteiger partial charge in [0.05, 0.1) is 0 Å². The van der Waals surface area contributed by atoms with Crippen molar-refractivity contribution in [3.05, 3.63) is 0 Å². The lowest BCUT2D eigenvalue weighted by Crippen LogP contribution is -2.41. The molecule has 0 radical (unpaired) electrons. The largest absolute Gasteiger partial charge is 0.480 e. The molecule has 0 aliphatic carbocycles. The Hall–Kier alpha value is -2.03. The zero-order chi connectivity index (χ0) is 12.6. The van der Waals surface area contributed by atoms with Crippen LogP contribution in [-0.4, -0.2) is 28.9 Å². The Morgan fingerprint density at radius 3 is 2.44 bits per heavy atom. The smallest absolute Gasteiger partial charge is 0.326 e. The van der Waals surface area contributed by atoms with Gasteiger partial charge in [-0.2, -0.15) is 0 Å². The standard InChI is InChI=1S/C10H14N2O4/c1-2-3-4-9(14)12-7(10(15)16)5-6-8(11)13/h1,7H,3-6H2,(H2,11,13)(H,12,14)(H,15,16)/t7-/m0/s1. The Kier molecular flexibility index (Phi) is 6.36. The van der Waals surface area contributed by atoms with Crippen LogP contribution in [0.1, 0.15) is 25.7 Å². The molecule has 2 amide bonds. The first-order valence-corrected chi connectivity index (χ1v) is 4.71. The molecule has 88 valence electrons. The van der Waals surface area contributed by atoms with Crippen LogP contribution in [0.15, 0.2) is 0 Å². The molecule has 0 spiro atoms. The van der Waals surface area contributed by atoms with Gasteiger partial charge in [-0.15, -0.1) is 12.3 Å². The minimum absolute atomic E-state index is 0.0214. The molecule has 0 aromatic carbocycles. The summed E-state index contributed by atoms with van der Waals surface area (Å²) in [6.45, 7) is 0. The van der Waals surface area contributed by atoms with E-state index in [1.54, 1.807) is 0 Å². The summed E-state index contributed by atoms with van der Waals surface area (Å²) < 4.78 is 0. The maximum Gasteiger partial charge on any atom is 0.326 e. The highest BCUT2D eigenvalue weighted by atomic mass is 16.4. The molecule has 0 unspecified atom stereocenters. The lowest BCUT2D eigenvalue weighted by Gasteiger charge is -2.12. The maximum absolute atomic E-state index is 11.2. The van der Waals surface area contributed by atoms with Gasteiger partial charge >= 0.3 is 5.97 Å². The average molecular weight is 226 g/mol. The van der Waals surface area contributed by atoms with Gasteiger partial charge in [-0.25, -0.2) is 4.79 Å². The van der Waals surface area contributed by atoms with Gasteiger partial charge in [0.25, 0.3) is 0 Å². The van der Waals surface area contributed by atoms with Gasteiger partial charge in [-0.05, 0) is 6.42 Å². The predicted octanol–water partition coefficient (Wildman–Crippen LogP) is -0.765. The monoisotopic (exact) mass is 226 g/mol. The Morgan fingerprint density at radius 1 is 1.38 bits per heavy atom. The number of primary amides is 1. The summed E-state index contributed by atoms with van der Waals surface area (Å²) in [6.07, 6.45) is 5.16. The van der Waals surface area contributed by atoms with E-state index in [2.05, 4.69) is 11.2 Å². The lowest BCUT2D eigenvalue weighted by molar-refractivity contribution is -0.142. The number of carbonyl (C=O) groups is 3. The van der Waals surface area contributed by atoms with Crippen molar-refractivity contribution >= 4 is 17.8 Å². The molecule has 0 aromatic heterocycles. The molecule has 6 nitrogen and oxygen atoms in total. The third-order valence-electron chi connectivity index (χ3n) is 1.81. The van der Waals surface area contributed by atoms with Gasteiger partial charge < -0.3 is 16.2 Å². The van der Waals surface area contributed by atoms with E-state index in [0.717, 1.165) is 0 Å². The molecule has 0 bridgehead atoms. The second-order valence-electron chi connectivity index (χ2n) is 3.17. The SMILES string of the molecule is C#CCCC(=O)N[C@@H](CCC(N)=O)C(=O)O. The van der Waals surface area contributed by atoms with Crippen LogP contribution in [0.4, 0.5) is 0 Å². The molecular weight excluding hydrogens is 212 g/mol. The third-order valence-corrected chi connectivity index (χ3v) is 1.81. The summed E-state index contributed by atoms with van der Waals surface area (Å²) in [6, 6.07) is -1.10. The van der Waals surface area contributed by atoms with Crippen LogP contribution in [0.3, 0.4) is 0 Å². The van der Waals surface area contributed by atoms with Gasteiger partial charge in [0.15, 0.2) is 0 Å². The van der Waals surface area contributed by atoms with Crippen molar-refractivity contribution in [3.63, 3.8) is 0 Å². The molecule has 0 aliphatic heterocycles. The molecule has 0 aromatic rings. The maximum atomic E-state index is 11.2. The van der Waals surface area contributed by atoms with E-state index in [1.807, 2.05) is 0 Å². The van der Waals surface area contributed by atoms with Crippen molar-refractivity contribution in [2.75, 3.05) is 0 Å². The molecule has 0 saturated carbocycles. The second kappa shape index (κ2) is 7.29. The molecule has 0 heterocycles. The minimum atomic E-state index is -1.20. The van der Waals surface area contributed by atoms with Crippen molar-refractivity contribution in [1.82, 2.24) is 5.32 Å². The molecule has 0 rings (SSSR count). The Labute approximate surface area is 93.2 Å². The number of terminal acetylenes is 1. The van der Waals surface area contributed by atoms with Crippen molar-refractivity contribution in [2.24, 2.45) is 5.73 Å². The fourth-order valence-electron chi connectivity index (χ4n) is 0.996. The van der Waals surface area contributed by atoms with Crippen molar-refractivity contribution in [3.8, 4) is 12.3 Å². The van der Waals surface area contributed by atoms with E-state index >= 15 is 0 Å². The number of carbonyl (C=O) groups excluding carboxylic acids is 2. The molecule has 0 fully saturated rings. The van der Waals surface area contributed by atoms with Crippen molar-refractivity contribution in [1.29, 1.82) is 0 Å². The first-order valence-electron chi connectivity index (χ1n) is 4.71. The fraction of sp³-hybridized carbons (Fsp3) is 0.500. The van der Waals surface area contributed by atoms with E-state index in [-0.39, 0.29) is 25.7 Å². The number of carboxylic acids is 1. The van der Waals surface area contributed by atoms with Gasteiger partial charge in [0.2, 0.25) is 11.8 Å². The van der Waals surface area contributed by atoms with Crippen LogP contribution >= 0.6 is 0 Å². The number of hydrogen-bond acceptors (Lipinski definition) is 3. The van der Waals surface area contributed by atoms with Crippen LogP contribution in [-0.2, 0) is 14.4 Å². The average Bonchev–Trinajstić information content (AvgIpc) is 2.20. The van der Waals surface area contributed by atoms with Crippen molar-refractivity contribution < 1.29 is 19.5 Å². The number of nitrogens with two attached hydrogens (primary N) is 1. The quantitative estimate of drug-likeness (QED) is 0.495. The zero-order valence-electron chi connectivity index (χ0n) is 8.73. The first-order chi connectivity index (χ1) is 7.47. The summed E-state index contributed by atoms with van der Waals surface area (Å²) in [7, 11) is 0. The normalized spacial score (nSPS) is 11.2. The van der Waals surface area contributed by atoms with Crippen LogP contribution < -0.4 is 11.1 Å². The molecule has 0 aliphatic rings. The molecule has 4 N–H and O–H groups in total. The number of nitrogens with one attached hydrogen (secondary N) is 1. The van der Waals surface area contributed by atoms with Gasteiger partial charge in [-0.1, -0.05) is 0 Å². The van der Waals surface area contributed by atoms with E-state index in [0.29, 0.717) is 0 Å². The Morgan fingerprint density at radius 2 is 2.00 bits per heavy atom. The van der Waals surface area contributed by atoms with Crippen LogP contribution in [0.5, 0.6) is 0 Å². The summed E-state index contributed by atoms with van der Waals surface area (Å²) in [4.78, 5) is 32.4. The number of hydrogen-bond donors (Lipinski definition) is 3. The lowest BCUT2D eigenvalue weighted by atomic mass is 10.1.